The summed E-state index contributed by atoms with van der Waals surface area (Å²) in [7, 11) is -45.4. The summed E-state index contributed by atoms with van der Waals surface area (Å²) in [5, 5.41) is 0. The van der Waals surface area contributed by atoms with E-state index in [4.69, 9.17) is 9.47 Å². The monoisotopic (exact) mass is 1100 g/mol. The number of sulfonamides is 6. The topological polar surface area (TPSA) is 245 Å². The molecule has 0 aromatic rings. The fraction of sp³-hybridized carbons (Fsp3) is 1.00. The van der Waals surface area contributed by atoms with Gasteiger partial charge in [0.2, 0.25) is 0 Å². The van der Waals surface area contributed by atoms with Gasteiger partial charge in [0.25, 0.3) is 0 Å². The molecule has 0 aromatic carbocycles. The average Bonchev–Trinajstić information content (AvgIpc) is 3.04. The molecule has 0 unspecified atom stereocenters. The first-order valence-corrected chi connectivity index (χ1v) is 23.8. The van der Waals surface area contributed by atoms with Crippen molar-refractivity contribution in [2.45, 2.75) is 39.5 Å². The Morgan fingerprint density at radius 2 is 0.603 bits per heavy atom. The molecule has 0 saturated heterocycles. The van der Waals surface area contributed by atoms with E-state index in [1.54, 1.807) is 0 Å². The van der Waals surface area contributed by atoms with Crippen LogP contribution in [-0.4, -0.2) is 179 Å². The van der Waals surface area contributed by atoms with E-state index in [1.165, 1.54) is 7.11 Å². The lowest BCUT2D eigenvalue weighted by molar-refractivity contribution is -0.0545. The molecule has 0 atom stereocenters. The maximum Gasteiger partial charge on any atom is 0.512 e. The van der Waals surface area contributed by atoms with Gasteiger partial charge in [0, 0.05) is 53.0 Å². The highest BCUT2D eigenvalue weighted by molar-refractivity contribution is 8.05. The van der Waals surface area contributed by atoms with E-state index < -0.39 is 181 Å². The minimum absolute atomic E-state index is 0.0902. The normalized spacial score (nSPS) is 15.4. The summed E-state index contributed by atoms with van der Waals surface area (Å²) >= 11 is 0. The third kappa shape index (κ3) is 15.1. The second kappa shape index (κ2) is 21.0. The number of ether oxygens (including phenoxy) is 3. The van der Waals surface area contributed by atoms with Crippen LogP contribution in [0.3, 0.4) is 0 Å². The zero-order valence-corrected chi connectivity index (χ0v) is 35.1. The van der Waals surface area contributed by atoms with E-state index >= 15 is 0 Å². The predicted octanol–water partition coefficient (Wildman–Crippen LogP) is 1.98. The molecule has 0 aliphatic heterocycles. The van der Waals surface area contributed by atoms with Crippen LogP contribution in [0.2, 0.25) is 0 Å². The molecule has 0 aliphatic rings. The number of methoxy groups -OCH3 is 1. The minimum Gasteiger partial charge on any atom is -0.382 e. The SMILES string of the molecule is COCCOCCOCCC(CN(CCN(S(=O)(=O)C(F)(F)F)S(=O)(=O)C(F)(F)F)S(=O)(=O)C(F)(F)F)CN(CCN(S(=O)(=O)C(F)(F)F)S(=O)(=O)C(F)(F)F)S(=O)(=O)C(F)(F)F. The molecular weight excluding hydrogens is 1070 g/mol. The highest BCUT2D eigenvalue weighted by Crippen LogP contribution is 2.38. The van der Waals surface area contributed by atoms with Crippen LogP contribution < -0.4 is 0 Å². The number of alkyl halides is 18. The number of hydrogen-bond donors (Lipinski definition) is 0. The molecule has 0 aliphatic carbocycles. The molecule has 0 heterocycles. The van der Waals surface area contributed by atoms with Crippen LogP contribution in [0.1, 0.15) is 6.42 Å². The summed E-state index contributed by atoms with van der Waals surface area (Å²) in [6.45, 7) is -19.7. The second-order valence-corrected chi connectivity index (χ2v) is 23.0. The maximum atomic E-state index is 13.8. The number of rotatable bonds is 25. The standard InChI is InChI=1S/C20H28F18N4O15S6/c1-55-8-9-57-11-10-56-7-2-14(12-39(58(43,44)15(21,22)23)3-5-41(60(47,48)17(27,28)29)61(49,50)18(30,31)32)13-40(59(45,46)16(24,25)26)4-6-42(62(51,52)19(33,34)35)63(53,54)20(36,37)38/h14H,2-13H2,1H3. The van der Waals surface area contributed by atoms with E-state index in [0.717, 1.165) is 0 Å². The fourth-order valence-electron chi connectivity index (χ4n) is 4.03. The molecular formula is C20H28F18N4O15S6. The van der Waals surface area contributed by atoms with Crippen LogP contribution in [0.15, 0.2) is 0 Å². The Balaban J connectivity index is 7.83. The predicted molar refractivity (Wildman–Crippen MR) is 168 cm³/mol. The van der Waals surface area contributed by atoms with Gasteiger partial charge in [-0.25, -0.2) is 50.5 Å². The van der Waals surface area contributed by atoms with Crippen molar-refractivity contribution in [1.82, 2.24) is 16.0 Å². The fourth-order valence-corrected chi connectivity index (χ4v) is 11.4. The quantitative estimate of drug-likeness (QED) is 0.0938. The van der Waals surface area contributed by atoms with Gasteiger partial charge >= 0.3 is 93.2 Å². The highest BCUT2D eigenvalue weighted by Gasteiger charge is 2.63. The second-order valence-electron chi connectivity index (χ2n) is 11.3. The van der Waals surface area contributed by atoms with Crippen molar-refractivity contribution >= 4 is 60.1 Å². The van der Waals surface area contributed by atoms with Gasteiger partial charge in [0.05, 0.1) is 26.4 Å². The van der Waals surface area contributed by atoms with E-state index in [9.17, 15) is 130 Å². The van der Waals surface area contributed by atoms with Crippen molar-refractivity contribution in [3.05, 3.63) is 0 Å². The summed E-state index contributed by atoms with van der Waals surface area (Å²) < 4.78 is 392. The smallest absolute Gasteiger partial charge is 0.382 e. The van der Waals surface area contributed by atoms with Gasteiger partial charge in [-0.3, -0.25) is 0 Å². The van der Waals surface area contributed by atoms with E-state index in [1.807, 2.05) is 0 Å². The van der Waals surface area contributed by atoms with Crippen LogP contribution in [0.25, 0.3) is 0 Å². The molecule has 0 amide bonds. The van der Waals surface area contributed by atoms with Gasteiger partial charge in [-0.05, 0) is 12.3 Å². The van der Waals surface area contributed by atoms with Gasteiger partial charge in [-0.2, -0.15) is 87.6 Å². The molecule has 0 bridgehead atoms. The molecule has 63 heavy (non-hydrogen) atoms. The van der Waals surface area contributed by atoms with Gasteiger partial charge in [-0.1, -0.05) is 7.42 Å². The van der Waals surface area contributed by atoms with Crippen molar-refractivity contribution in [2.75, 3.05) is 79.4 Å². The molecule has 380 valence electrons. The average molecular weight is 1100 g/mol. The van der Waals surface area contributed by atoms with E-state index in [-0.39, 0.29) is 13.2 Å². The molecule has 0 radical (unpaired) electrons. The number of hydrogen-bond acceptors (Lipinski definition) is 15. The zero-order valence-electron chi connectivity index (χ0n) is 30.2. The highest BCUT2D eigenvalue weighted by atomic mass is 32.3. The first kappa shape index (κ1) is 61.2. The largest absolute Gasteiger partial charge is 0.512 e. The number of nitrogens with zero attached hydrogens (tertiary/aromatic N) is 4. The van der Waals surface area contributed by atoms with Crippen molar-refractivity contribution in [3.63, 3.8) is 0 Å². The minimum atomic E-state index is -7.92. The third-order valence-corrected chi connectivity index (χ3v) is 17.7. The van der Waals surface area contributed by atoms with Crippen LogP contribution in [0, 0.1) is 5.92 Å². The summed E-state index contributed by atoms with van der Waals surface area (Å²) in [5.74, 6) is -2.87. The summed E-state index contributed by atoms with van der Waals surface area (Å²) in [6.07, 6.45) is -1.47. The van der Waals surface area contributed by atoms with E-state index in [0.29, 0.717) is 0 Å². The lowest BCUT2D eigenvalue weighted by atomic mass is 10.1. The molecule has 0 aromatic heterocycles. The summed E-state index contributed by atoms with van der Waals surface area (Å²) in [4.78, 5) is 0. The van der Waals surface area contributed by atoms with Crippen LogP contribution >= 0.6 is 0 Å². The first-order chi connectivity index (χ1) is 27.6. The summed E-state index contributed by atoms with van der Waals surface area (Å²) in [5.41, 5.74) is -42.1. The lowest BCUT2D eigenvalue weighted by Gasteiger charge is -2.33. The van der Waals surface area contributed by atoms with Gasteiger partial charge in [-0.15, -0.1) is 0 Å². The van der Waals surface area contributed by atoms with Crippen LogP contribution in [0.4, 0.5) is 79.0 Å². The molecule has 0 rings (SSSR count). The third-order valence-electron chi connectivity index (χ3n) is 6.97. The molecule has 0 spiro atoms. The van der Waals surface area contributed by atoms with Crippen molar-refractivity contribution in [3.8, 4) is 0 Å². The number of halogens is 18. The van der Waals surface area contributed by atoms with Gasteiger partial charge < -0.3 is 14.2 Å². The van der Waals surface area contributed by atoms with Crippen molar-refractivity contribution in [1.29, 1.82) is 0 Å². The Hall–Kier alpha value is -1.84. The van der Waals surface area contributed by atoms with E-state index in [2.05, 4.69) is 4.74 Å². The molecule has 0 N–H and O–H groups in total. The van der Waals surface area contributed by atoms with Crippen molar-refractivity contribution in [2.24, 2.45) is 5.92 Å². The maximum absolute atomic E-state index is 13.8. The summed E-state index contributed by atoms with van der Waals surface area (Å²) in [6, 6.07) is 0. The van der Waals surface area contributed by atoms with Crippen LogP contribution in [0.5, 0.6) is 0 Å². The molecule has 0 fully saturated rings. The molecule has 43 heteroatoms. The zero-order chi connectivity index (χ0) is 50.5. The molecule has 19 nitrogen and oxygen atoms in total. The van der Waals surface area contributed by atoms with Crippen molar-refractivity contribution < 1.29 is 144 Å². The Bertz CT molecular complexity index is 1960. The van der Waals surface area contributed by atoms with Crippen LogP contribution in [-0.2, 0) is 74.4 Å². The van der Waals surface area contributed by atoms with Gasteiger partial charge in [0.1, 0.15) is 0 Å². The first-order valence-electron chi connectivity index (χ1n) is 15.2. The Labute approximate surface area is 344 Å². The van der Waals surface area contributed by atoms with Gasteiger partial charge in [0.15, 0.2) is 0 Å². The molecule has 0 saturated carbocycles. The Morgan fingerprint density at radius 3 is 0.841 bits per heavy atom. The Morgan fingerprint density at radius 1 is 0.365 bits per heavy atom. The lowest BCUT2D eigenvalue weighted by Crippen LogP contribution is -2.54. The Kier molecular flexibility index (Phi) is 20.4.